The highest BCUT2D eigenvalue weighted by atomic mass is 16.5. The zero-order chi connectivity index (χ0) is 14.2. The number of hydrogen-bond donors (Lipinski definition) is 2. The second-order valence-electron chi connectivity index (χ2n) is 5.07. The summed E-state index contributed by atoms with van der Waals surface area (Å²) in [6.45, 7) is 4.83. The molecule has 3 rings (SSSR count). The minimum absolute atomic E-state index is 0.0774. The molecule has 2 aromatic rings. The van der Waals surface area contributed by atoms with E-state index in [1.165, 1.54) is 0 Å². The third-order valence-corrected chi connectivity index (χ3v) is 3.63. The van der Waals surface area contributed by atoms with Gasteiger partial charge in [-0.3, -0.25) is 0 Å². The van der Waals surface area contributed by atoms with Crippen LogP contribution in [0.1, 0.15) is 20.3 Å². The number of hydrogen-bond acceptors (Lipinski definition) is 7. The van der Waals surface area contributed by atoms with Crippen LogP contribution >= 0.6 is 0 Å². The Labute approximate surface area is 116 Å². The van der Waals surface area contributed by atoms with Crippen molar-refractivity contribution in [3.63, 3.8) is 0 Å². The molecule has 0 aromatic carbocycles. The minimum atomic E-state index is -0.213. The predicted octanol–water partition coefficient (Wildman–Crippen LogP) is 0.619. The van der Waals surface area contributed by atoms with Crippen LogP contribution in [0.15, 0.2) is 18.5 Å². The molecule has 0 radical (unpaired) electrons. The van der Waals surface area contributed by atoms with Crippen LogP contribution in [0.5, 0.6) is 0 Å². The van der Waals surface area contributed by atoms with Crippen LogP contribution in [0.25, 0.3) is 5.95 Å². The number of ether oxygens (including phenoxy) is 1. The van der Waals surface area contributed by atoms with E-state index in [0.717, 1.165) is 13.0 Å². The first kappa shape index (κ1) is 12.8. The van der Waals surface area contributed by atoms with Gasteiger partial charge >= 0.3 is 0 Å². The monoisotopic (exact) mass is 275 g/mol. The van der Waals surface area contributed by atoms with E-state index >= 15 is 0 Å². The van der Waals surface area contributed by atoms with E-state index in [-0.39, 0.29) is 17.6 Å². The van der Waals surface area contributed by atoms with Crippen molar-refractivity contribution < 1.29 is 4.74 Å². The van der Waals surface area contributed by atoms with Gasteiger partial charge in [0.1, 0.15) is 0 Å². The van der Waals surface area contributed by atoms with Gasteiger partial charge in [-0.25, -0.2) is 4.68 Å². The number of nitrogens with one attached hydrogen (secondary N) is 1. The maximum Gasteiger partial charge on any atom is 0.257 e. The van der Waals surface area contributed by atoms with Gasteiger partial charge in [-0.05, 0) is 26.3 Å². The quantitative estimate of drug-likeness (QED) is 0.846. The van der Waals surface area contributed by atoms with Crippen molar-refractivity contribution in [2.45, 2.75) is 31.9 Å². The van der Waals surface area contributed by atoms with Gasteiger partial charge < -0.3 is 15.8 Å². The molecule has 2 atom stereocenters. The normalized spacial score (nSPS) is 25.8. The highest BCUT2D eigenvalue weighted by Crippen LogP contribution is 2.28. The summed E-state index contributed by atoms with van der Waals surface area (Å²) in [6.07, 6.45) is 4.37. The summed E-state index contributed by atoms with van der Waals surface area (Å²) in [5.74, 6) is 0.978. The summed E-state index contributed by atoms with van der Waals surface area (Å²) in [6, 6.07) is 1.79. The third-order valence-electron chi connectivity index (χ3n) is 3.63. The molecule has 3 N–H and O–H groups in total. The topological polar surface area (TPSA) is 104 Å². The molecule has 1 saturated heterocycles. The number of nitrogen functional groups attached to an aromatic ring is 1. The van der Waals surface area contributed by atoms with E-state index < -0.39 is 0 Å². The van der Waals surface area contributed by atoms with Gasteiger partial charge in [-0.2, -0.15) is 20.1 Å². The SMILES string of the molecule is CC1OCCC1(C)Nc1nc(N)nc(-n2cccn2)n1. The van der Waals surface area contributed by atoms with Crippen LogP contribution in [0.4, 0.5) is 11.9 Å². The van der Waals surface area contributed by atoms with E-state index in [2.05, 4.69) is 32.3 Å². The Hall–Kier alpha value is -2.22. The average molecular weight is 275 g/mol. The molecule has 8 nitrogen and oxygen atoms in total. The second-order valence-corrected chi connectivity index (χ2v) is 5.07. The third kappa shape index (κ3) is 2.29. The Balaban J connectivity index is 1.90. The molecule has 0 saturated carbocycles. The van der Waals surface area contributed by atoms with Crippen molar-refractivity contribution in [2.24, 2.45) is 0 Å². The smallest absolute Gasteiger partial charge is 0.257 e. The van der Waals surface area contributed by atoms with Gasteiger partial charge in [-0.15, -0.1) is 0 Å². The molecule has 0 amide bonds. The van der Waals surface area contributed by atoms with Crippen LogP contribution < -0.4 is 11.1 Å². The lowest BCUT2D eigenvalue weighted by atomic mass is 9.95. The molecule has 1 aliphatic heterocycles. The van der Waals surface area contributed by atoms with Crippen LogP contribution in [-0.2, 0) is 4.74 Å². The summed E-state index contributed by atoms with van der Waals surface area (Å²) in [7, 11) is 0. The standard InChI is InChI=1S/C12H17N7O/c1-8-12(2,4-7-20-8)18-10-15-9(13)16-11(17-10)19-6-3-5-14-19/h3,5-6,8H,4,7H2,1-2H3,(H3,13,15,16,17,18). The molecule has 8 heteroatoms. The molecule has 20 heavy (non-hydrogen) atoms. The molecule has 1 fully saturated rings. The van der Waals surface area contributed by atoms with Crippen molar-refractivity contribution in [1.82, 2.24) is 24.7 Å². The Bertz CT molecular complexity index is 600. The van der Waals surface area contributed by atoms with Crippen LogP contribution in [0.3, 0.4) is 0 Å². The zero-order valence-corrected chi connectivity index (χ0v) is 11.4. The Morgan fingerprint density at radius 1 is 1.45 bits per heavy atom. The minimum Gasteiger partial charge on any atom is -0.376 e. The van der Waals surface area contributed by atoms with Crippen molar-refractivity contribution in [1.29, 1.82) is 0 Å². The van der Waals surface area contributed by atoms with E-state index in [1.54, 1.807) is 23.1 Å². The Kier molecular flexibility index (Phi) is 3.01. The van der Waals surface area contributed by atoms with E-state index in [4.69, 9.17) is 10.5 Å². The Morgan fingerprint density at radius 3 is 2.95 bits per heavy atom. The number of anilines is 2. The fourth-order valence-corrected chi connectivity index (χ4v) is 2.18. The lowest BCUT2D eigenvalue weighted by molar-refractivity contribution is 0.105. The molecule has 0 spiro atoms. The molecule has 1 aliphatic rings. The van der Waals surface area contributed by atoms with Gasteiger partial charge in [0.05, 0.1) is 11.6 Å². The fourth-order valence-electron chi connectivity index (χ4n) is 2.18. The summed E-state index contributed by atoms with van der Waals surface area (Å²) in [5.41, 5.74) is 5.53. The molecule has 0 bridgehead atoms. The largest absolute Gasteiger partial charge is 0.376 e. The maximum absolute atomic E-state index is 5.74. The molecule has 2 unspecified atom stereocenters. The van der Waals surface area contributed by atoms with Crippen molar-refractivity contribution >= 4 is 11.9 Å². The first-order valence-electron chi connectivity index (χ1n) is 6.48. The summed E-state index contributed by atoms with van der Waals surface area (Å²) in [4.78, 5) is 12.6. The van der Waals surface area contributed by atoms with Gasteiger partial charge in [0.2, 0.25) is 11.9 Å². The highest BCUT2D eigenvalue weighted by Gasteiger charge is 2.37. The van der Waals surface area contributed by atoms with Crippen molar-refractivity contribution in [3.8, 4) is 5.95 Å². The van der Waals surface area contributed by atoms with Crippen LogP contribution in [0, 0.1) is 0 Å². The number of nitrogens with two attached hydrogens (primary N) is 1. The summed E-state index contributed by atoms with van der Waals surface area (Å²) < 4.78 is 7.13. The Morgan fingerprint density at radius 2 is 2.30 bits per heavy atom. The molecule has 3 heterocycles. The fraction of sp³-hybridized carbons (Fsp3) is 0.500. The molecule has 0 aliphatic carbocycles. The highest BCUT2D eigenvalue weighted by molar-refractivity contribution is 5.38. The zero-order valence-electron chi connectivity index (χ0n) is 11.4. The summed E-state index contributed by atoms with van der Waals surface area (Å²) in [5, 5.41) is 7.39. The van der Waals surface area contributed by atoms with E-state index in [0.29, 0.717) is 11.9 Å². The number of rotatable bonds is 3. The van der Waals surface area contributed by atoms with E-state index in [9.17, 15) is 0 Å². The first-order valence-corrected chi connectivity index (χ1v) is 6.48. The molecule has 106 valence electrons. The number of nitrogens with zero attached hydrogens (tertiary/aromatic N) is 5. The molecule has 2 aromatic heterocycles. The number of aromatic nitrogens is 5. The molecular formula is C12H17N7O. The van der Waals surface area contributed by atoms with E-state index in [1.807, 2.05) is 6.92 Å². The van der Waals surface area contributed by atoms with Crippen molar-refractivity contribution in [2.75, 3.05) is 17.7 Å². The van der Waals surface area contributed by atoms with Gasteiger partial charge in [0, 0.05) is 19.0 Å². The lowest BCUT2D eigenvalue weighted by Gasteiger charge is -2.28. The van der Waals surface area contributed by atoms with Crippen molar-refractivity contribution in [3.05, 3.63) is 18.5 Å². The lowest BCUT2D eigenvalue weighted by Crippen LogP contribution is -2.42. The van der Waals surface area contributed by atoms with Gasteiger partial charge in [0.25, 0.3) is 5.95 Å². The van der Waals surface area contributed by atoms with Gasteiger partial charge in [-0.1, -0.05) is 0 Å². The van der Waals surface area contributed by atoms with Gasteiger partial charge in [0.15, 0.2) is 0 Å². The summed E-state index contributed by atoms with van der Waals surface area (Å²) >= 11 is 0. The average Bonchev–Trinajstić information content (AvgIpc) is 3.00. The predicted molar refractivity (Wildman–Crippen MR) is 73.4 cm³/mol. The maximum atomic E-state index is 5.74. The molecular weight excluding hydrogens is 258 g/mol. The first-order chi connectivity index (χ1) is 9.57. The van der Waals surface area contributed by atoms with Crippen LogP contribution in [-0.4, -0.2) is 43.0 Å². The van der Waals surface area contributed by atoms with Crippen LogP contribution in [0.2, 0.25) is 0 Å². The second kappa shape index (κ2) is 4.71.